The molecule has 0 spiro atoms. The number of benzene rings is 1. The minimum Gasteiger partial charge on any atom is -0.459 e. The molecule has 2 nitrogen and oxygen atoms in total. The fourth-order valence-electron chi connectivity index (χ4n) is 1.66. The number of carbonyl (C=O) groups excluding carboxylic acids is 1. The van der Waals surface area contributed by atoms with Crippen LogP contribution in [0.4, 0.5) is 0 Å². The van der Waals surface area contributed by atoms with Gasteiger partial charge in [-0.3, -0.25) is 0 Å². The van der Waals surface area contributed by atoms with Crippen molar-refractivity contribution in [2.24, 2.45) is 0 Å². The summed E-state index contributed by atoms with van der Waals surface area (Å²) in [7, 11) is 0. The lowest BCUT2D eigenvalue weighted by molar-refractivity contribution is 0.0301. The van der Waals surface area contributed by atoms with Gasteiger partial charge in [0.1, 0.15) is 6.10 Å². The van der Waals surface area contributed by atoms with E-state index < -0.39 is 0 Å². The Morgan fingerprint density at radius 3 is 3.00 bits per heavy atom. The lowest BCUT2D eigenvalue weighted by Crippen LogP contribution is -2.25. The molecule has 0 radical (unpaired) electrons. The average molecular weight is 176 g/mol. The van der Waals surface area contributed by atoms with Gasteiger partial charge in [-0.2, -0.15) is 0 Å². The number of cyclic esters (lactones) is 1. The van der Waals surface area contributed by atoms with Crippen LogP contribution >= 0.6 is 0 Å². The average Bonchev–Trinajstić information content (AvgIpc) is 2.06. The zero-order valence-corrected chi connectivity index (χ0v) is 7.83. The van der Waals surface area contributed by atoms with Gasteiger partial charge in [-0.15, -0.1) is 0 Å². The number of esters is 1. The first-order valence-corrected chi connectivity index (χ1v) is 4.47. The van der Waals surface area contributed by atoms with E-state index in [4.69, 9.17) is 4.74 Å². The van der Waals surface area contributed by atoms with Crippen molar-refractivity contribution >= 4 is 5.97 Å². The summed E-state index contributed by atoms with van der Waals surface area (Å²) in [5.74, 6) is -0.183. The first kappa shape index (κ1) is 8.30. The van der Waals surface area contributed by atoms with Crippen molar-refractivity contribution in [3.63, 3.8) is 0 Å². The highest BCUT2D eigenvalue weighted by atomic mass is 16.5. The second kappa shape index (κ2) is 2.87. The summed E-state index contributed by atoms with van der Waals surface area (Å²) in [5, 5.41) is 0. The molecular weight excluding hydrogens is 164 g/mol. The highest BCUT2D eigenvalue weighted by Gasteiger charge is 2.22. The predicted octanol–water partition coefficient (Wildman–Crippen LogP) is 2.10. The Hall–Kier alpha value is -1.31. The molecule has 2 rings (SSSR count). The van der Waals surface area contributed by atoms with Crippen LogP contribution in [-0.2, 0) is 11.2 Å². The van der Waals surface area contributed by atoms with E-state index in [1.54, 1.807) is 0 Å². The highest BCUT2D eigenvalue weighted by molar-refractivity contribution is 5.92. The normalized spacial score (nSPS) is 20.8. The van der Waals surface area contributed by atoms with E-state index in [0.29, 0.717) is 0 Å². The van der Waals surface area contributed by atoms with Gasteiger partial charge in [0, 0.05) is 6.42 Å². The lowest BCUT2D eigenvalue weighted by atomic mass is 9.97. The Bertz CT molecular complexity index is 355. The molecule has 0 aliphatic carbocycles. The van der Waals surface area contributed by atoms with Gasteiger partial charge in [-0.25, -0.2) is 4.79 Å². The summed E-state index contributed by atoms with van der Waals surface area (Å²) in [6.45, 7) is 3.90. The maximum absolute atomic E-state index is 11.4. The largest absolute Gasteiger partial charge is 0.459 e. The molecule has 1 atom stereocenters. The molecule has 0 unspecified atom stereocenters. The van der Waals surface area contributed by atoms with Crippen molar-refractivity contribution in [3.05, 3.63) is 34.9 Å². The third-order valence-corrected chi connectivity index (χ3v) is 2.30. The van der Waals surface area contributed by atoms with E-state index in [9.17, 15) is 4.79 Å². The fraction of sp³-hybridized carbons (Fsp3) is 0.364. The predicted molar refractivity (Wildman–Crippen MR) is 49.8 cm³/mol. The first-order valence-electron chi connectivity index (χ1n) is 4.47. The topological polar surface area (TPSA) is 26.3 Å². The summed E-state index contributed by atoms with van der Waals surface area (Å²) < 4.78 is 5.13. The van der Waals surface area contributed by atoms with Crippen molar-refractivity contribution in [2.45, 2.75) is 26.4 Å². The standard InChI is InChI=1S/C11H12O2/c1-7-3-4-9-6-8(2)13-11(12)10(9)5-7/h3-5,8H,6H2,1-2H3/t8-/m0/s1. The van der Waals surface area contributed by atoms with Gasteiger partial charge in [0.05, 0.1) is 5.56 Å². The Labute approximate surface area is 77.5 Å². The molecule has 2 heteroatoms. The summed E-state index contributed by atoms with van der Waals surface area (Å²) >= 11 is 0. The molecule has 0 saturated carbocycles. The fourth-order valence-corrected chi connectivity index (χ4v) is 1.66. The van der Waals surface area contributed by atoms with E-state index >= 15 is 0 Å². The molecule has 0 fully saturated rings. The molecule has 1 heterocycles. The van der Waals surface area contributed by atoms with Crippen LogP contribution in [0.5, 0.6) is 0 Å². The zero-order chi connectivity index (χ0) is 9.42. The van der Waals surface area contributed by atoms with Crippen LogP contribution in [0, 0.1) is 6.92 Å². The number of ether oxygens (including phenoxy) is 1. The van der Waals surface area contributed by atoms with E-state index in [1.165, 1.54) is 0 Å². The van der Waals surface area contributed by atoms with E-state index in [2.05, 4.69) is 0 Å². The number of hydrogen-bond acceptors (Lipinski definition) is 2. The molecule has 1 aliphatic heterocycles. The van der Waals surface area contributed by atoms with Crippen molar-refractivity contribution in [1.29, 1.82) is 0 Å². The van der Waals surface area contributed by atoms with Gasteiger partial charge in [-0.1, -0.05) is 17.7 Å². The SMILES string of the molecule is Cc1ccc2c(c1)C(=O)O[C@@H](C)C2. The molecule has 13 heavy (non-hydrogen) atoms. The smallest absolute Gasteiger partial charge is 0.338 e. The van der Waals surface area contributed by atoms with Crippen LogP contribution in [0.2, 0.25) is 0 Å². The minimum atomic E-state index is -0.183. The second-order valence-corrected chi connectivity index (χ2v) is 3.58. The van der Waals surface area contributed by atoms with E-state index in [0.717, 1.165) is 23.1 Å². The van der Waals surface area contributed by atoms with Crippen LogP contribution in [0.25, 0.3) is 0 Å². The molecule has 0 saturated heterocycles. The van der Waals surface area contributed by atoms with Crippen LogP contribution in [-0.4, -0.2) is 12.1 Å². The zero-order valence-electron chi connectivity index (χ0n) is 7.83. The maximum atomic E-state index is 11.4. The van der Waals surface area contributed by atoms with Crippen LogP contribution < -0.4 is 0 Å². The third kappa shape index (κ3) is 1.44. The monoisotopic (exact) mass is 176 g/mol. The van der Waals surface area contributed by atoms with Crippen molar-refractivity contribution in [1.82, 2.24) is 0 Å². The molecule has 1 aliphatic rings. The van der Waals surface area contributed by atoms with Gasteiger partial charge in [0.25, 0.3) is 0 Å². The van der Waals surface area contributed by atoms with Gasteiger partial charge in [-0.05, 0) is 25.5 Å². The van der Waals surface area contributed by atoms with Gasteiger partial charge >= 0.3 is 5.97 Å². The molecular formula is C11H12O2. The molecule has 1 aromatic carbocycles. The summed E-state index contributed by atoms with van der Waals surface area (Å²) in [5.41, 5.74) is 2.94. The number of fused-ring (bicyclic) bond motifs is 1. The van der Waals surface area contributed by atoms with Gasteiger partial charge in [0.2, 0.25) is 0 Å². The first-order chi connectivity index (χ1) is 6.16. The van der Waals surface area contributed by atoms with Crippen molar-refractivity contribution in [2.75, 3.05) is 0 Å². The molecule has 0 amide bonds. The van der Waals surface area contributed by atoms with Crippen LogP contribution in [0.1, 0.15) is 28.4 Å². The number of aryl methyl sites for hydroxylation is 1. The Morgan fingerprint density at radius 1 is 1.46 bits per heavy atom. The molecule has 0 aromatic heterocycles. The maximum Gasteiger partial charge on any atom is 0.338 e. The van der Waals surface area contributed by atoms with Crippen LogP contribution in [0.3, 0.4) is 0 Å². The Kier molecular flexibility index (Phi) is 1.83. The lowest BCUT2D eigenvalue weighted by Gasteiger charge is -2.21. The van der Waals surface area contributed by atoms with E-state index in [1.807, 2.05) is 32.0 Å². The summed E-state index contributed by atoms with van der Waals surface area (Å²) in [6.07, 6.45) is 0.851. The molecule has 0 N–H and O–H groups in total. The number of hydrogen-bond donors (Lipinski definition) is 0. The van der Waals surface area contributed by atoms with Gasteiger partial charge < -0.3 is 4.74 Å². The van der Waals surface area contributed by atoms with Crippen molar-refractivity contribution in [3.8, 4) is 0 Å². The van der Waals surface area contributed by atoms with E-state index in [-0.39, 0.29) is 12.1 Å². The third-order valence-electron chi connectivity index (χ3n) is 2.30. The summed E-state index contributed by atoms with van der Waals surface area (Å²) in [6, 6.07) is 5.94. The highest BCUT2D eigenvalue weighted by Crippen LogP contribution is 2.21. The minimum absolute atomic E-state index is 0.0164. The van der Waals surface area contributed by atoms with Crippen LogP contribution in [0.15, 0.2) is 18.2 Å². The number of rotatable bonds is 0. The van der Waals surface area contributed by atoms with Gasteiger partial charge in [0.15, 0.2) is 0 Å². The summed E-state index contributed by atoms with van der Waals surface area (Å²) in [4.78, 5) is 11.4. The Balaban J connectivity index is 2.49. The Morgan fingerprint density at radius 2 is 2.23 bits per heavy atom. The molecule has 1 aromatic rings. The quantitative estimate of drug-likeness (QED) is 0.566. The molecule has 68 valence electrons. The second-order valence-electron chi connectivity index (χ2n) is 3.58. The van der Waals surface area contributed by atoms with Crippen molar-refractivity contribution < 1.29 is 9.53 Å². The number of carbonyl (C=O) groups is 1. The molecule has 0 bridgehead atoms.